The van der Waals surface area contributed by atoms with E-state index in [2.05, 4.69) is 17.1 Å². The maximum atomic E-state index is 14.2. The molecule has 4 heteroatoms. The first-order valence-electron chi connectivity index (χ1n) is 7.02. The molecule has 3 nitrogen and oxygen atoms in total. The fourth-order valence-electron chi connectivity index (χ4n) is 2.70. The maximum absolute atomic E-state index is 14.2. The van der Waals surface area contributed by atoms with Crippen LogP contribution >= 0.6 is 0 Å². The molecule has 0 bridgehead atoms. The van der Waals surface area contributed by atoms with E-state index in [1.54, 1.807) is 6.07 Å². The minimum Gasteiger partial charge on any atom is -0.494 e. The van der Waals surface area contributed by atoms with Crippen LogP contribution < -0.4 is 10.1 Å². The number of piperidine rings is 1. The van der Waals surface area contributed by atoms with E-state index in [0.29, 0.717) is 23.9 Å². The van der Waals surface area contributed by atoms with Gasteiger partial charge in [0.2, 0.25) is 0 Å². The number of halogens is 1. The Morgan fingerprint density at radius 3 is 2.95 bits per heavy atom. The second kappa shape index (κ2) is 6.87. The second-order valence-electron chi connectivity index (χ2n) is 5.00. The highest BCUT2D eigenvalue weighted by Gasteiger charge is 2.21. The largest absolute Gasteiger partial charge is 0.494 e. The van der Waals surface area contributed by atoms with E-state index >= 15 is 0 Å². The standard InChI is InChI=1S/C15H23FN2O/c1-3-18(13-7-5-9-17-10-13)11-12-6-4-8-14(19-2)15(12)16/h4,6,8,13,17H,3,5,7,9-11H2,1-2H3. The molecule has 0 amide bonds. The highest BCUT2D eigenvalue weighted by atomic mass is 19.1. The number of nitrogens with zero attached hydrogens (tertiary/aromatic N) is 1. The predicted molar refractivity (Wildman–Crippen MR) is 74.9 cm³/mol. The lowest BCUT2D eigenvalue weighted by molar-refractivity contribution is 0.164. The van der Waals surface area contributed by atoms with Crippen molar-refractivity contribution in [3.8, 4) is 5.75 Å². The van der Waals surface area contributed by atoms with Gasteiger partial charge in [0, 0.05) is 24.7 Å². The van der Waals surface area contributed by atoms with Crippen LogP contribution in [0, 0.1) is 5.82 Å². The Hall–Kier alpha value is -1.13. The molecule has 0 saturated carbocycles. The van der Waals surface area contributed by atoms with Gasteiger partial charge in [0.15, 0.2) is 11.6 Å². The third-order valence-electron chi connectivity index (χ3n) is 3.83. The first-order valence-corrected chi connectivity index (χ1v) is 7.02. The molecule has 1 aliphatic heterocycles. The van der Waals surface area contributed by atoms with Crippen LogP contribution in [0.4, 0.5) is 4.39 Å². The summed E-state index contributed by atoms with van der Waals surface area (Å²) in [5.41, 5.74) is 0.715. The van der Waals surface area contributed by atoms with Crippen LogP contribution in [0.1, 0.15) is 25.3 Å². The number of likely N-dealkylation sites (N-methyl/N-ethyl adjacent to an activating group) is 1. The quantitative estimate of drug-likeness (QED) is 0.885. The van der Waals surface area contributed by atoms with E-state index in [0.717, 1.165) is 19.6 Å². The molecule has 1 unspecified atom stereocenters. The summed E-state index contributed by atoms with van der Waals surface area (Å²) in [5, 5.41) is 3.41. The lowest BCUT2D eigenvalue weighted by Crippen LogP contribution is -2.45. The van der Waals surface area contributed by atoms with Crippen LogP contribution in [0.3, 0.4) is 0 Å². The van der Waals surface area contributed by atoms with Crippen molar-refractivity contribution in [3.63, 3.8) is 0 Å². The lowest BCUT2D eigenvalue weighted by Gasteiger charge is -2.34. The van der Waals surface area contributed by atoms with Gasteiger partial charge < -0.3 is 10.1 Å². The van der Waals surface area contributed by atoms with Crippen molar-refractivity contribution in [2.75, 3.05) is 26.7 Å². The number of methoxy groups -OCH3 is 1. The van der Waals surface area contributed by atoms with E-state index in [1.807, 2.05) is 12.1 Å². The van der Waals surface area contributed by atoms with Crippen LogP contribution in [0.5, 0.6) is 5.75 Å². The van der Waals surface area contributed by atoms with Crippen molar-refractivity contribution < 1.29 is 9.13 Å². The summed E-state index contributed by atoms with van der Waals surface area (Å²) >= 11 is 0. The van der Waals surface area contributed by atoms with Gasteiger partial charge in [-0.1, -0.05) is 19.1 Å². The average Bonchev–Trinajstić information content (AvgIpc) is 2.47. The highest BCUT2D eigenvalue weighted by molar-refractivity contribution is 5.31. The van der Waals surface area contributed by atoms with E-state index in [9.17, 15) is 4.39 Å². The second-order valence-corrected chi connectivity index (χ2v) is 5.00. The van der Waals surface area contributed by atoms with Gasteiger partial charge in [-0.2, -0.15) is 0 Å². The van der Waals surface area contributed by atoms with Crippen molar-refractivity contribution in [1.82, 2.24) is 10.2 Å². The molecule has 0 spiro atoms. The molecule has 1 aromatic carbocycles. The van der Waals surface area contributed by atoms with Gasteiger partial charge in [0.1, 0.15) is 0 Å². The summed E-state index contributed by atoms with van der Waals surface area (Å²) in [5.74, 6) is 0.0996. The Labute approximate surface area is 114 Å². The maximum Gasteiger partial charge on any atom is 0.169 e. The van der Waals surface area contributed by atoms with E-state index in [1.165, 1.54) is 20.0 Å². The van der Waals surface area contributed by atoms with Crippen molar-refractivity contribution in [1.29, 1.82) is 0 Å². The summed E-state index contributed by atoms with van der Waals surface area (Å²) in [6.45, 7) is 5.81. The number of hydrogen-bond donors (Lipinski definition) is 1. The van der Waals surface area contributed by atoms with Crippen LogP contribution in [0.2, 0.25) is 0 Å². The first-order chi connectivity index (χ1) is 9.26. The Balaban J connectivity index is 2.09. The minimum absolute atomic E-state index is 0.229. The highest BCUT2D eigenvalue weighted by Crippen LogP contribution is 2.22. The number of benzene rings is 1. The molecule has 19 heavy (non-hydrogen) atoms. The van der Waals surface area contributed by atoms with Gasteiger partial charge in [-0.25, -0.2) is 4.39 Å². The van der Waals surface area contributed by atoms with Gasteiger partial charge in [-0.05, 0) is 32.0 Å². The summed E-state index contributed by atoms with van der Waals surface area (Å²) in [6.07, 6.45) is 2.38. The van der Waals surface area contributed by atoms with Gasteiger partial charge in [0.25, 0.3) is 0 Å². The van der Waals surface area contributed by atoms with Gasteiger partial charge in [-0.15, -0.1) is 0 Å². The number of rotatable bonds is 5. The normalized spacial score (nSPS) is 19.7. The molecule has 2 rings (SSSR count). The molecule has 1 fully saturated rings. The predicted octanol–water partition coefficient (Wildman–Crippen LogP) is 2.41. The van der Waals surface area contributed by atoms with Crippen LogP contribution in [0.25, 0.3) is 0 Å². The van der Waals surface area contributed by atoms with E-state index in [4.69, 9.17) is 4.74 Å². The Kier molecular flexibility index (Phi) is 5.16. The third-order valence-corrected chi connectivity index (χ3v) is 3.83. The molecule has 1 N–H and O–H groups in total. The molecule has 0 aromatic heterocycles. The van der Waals surface area contributed by atoms with Crippen LogP contribution in [0.15, 0.2) is 18.2 Å². The SMILES string of the molecule is CCN(Cc1cccc(OC)c1F)C1CCCNC1. The first kappa shape index (κ1) is 14.3. The third kappa shape index (κ3) is 3.45. The zero-order chi connectivity index (χ0) is 13.7. The molecule has 1 saturated heterocycles. The van der Waals surface area contributed by atoms with Gasteiger partial charge in [0.05, 0.1) is 7.11 Å². The molecule has 1 aliphatic rings. The van der Waals surface area contributed by atoms with Crippen molar-refractivity contribution in [3.05, 3.63) is 29.6 Å². The summed E-state index contributed by atoms with van der Waals surface area (Å²) in [7, 11) is 1.50. The van der Waals surface area contributed by atoms with Gasteiger partial charge >= 0.3 is 0 Å². The molecular formula is C15H23FN2O. The van der Waals surface area contributed by atoms with Crippen LogP contribution in [-0.4, -0.2) is 37.7 Å². The number of nitrogens with one attached hydrogen (secondary N) is 1. The van der Waals surface area contributed by atoms with Gasteiger partial charge in [-0.3, -0.25) is 4.90 Å². The van der Waals surface area contributed by atoms with E-state index in [-0.39, 0.29) is 5.82 Å². The fraction of sp³-hybridized carbons (Fsp3) is 0.600. The Morgan fingerprint density at radius 2 is 2.32 bits per heavy atom. The fourth-order valence-corrected chi connectivity index (χ4v) is 2.70. The van der Waals surface area contributed by atoms with Crippen molar-refractivity contribution >= 4 is 0 Å². The molecular weight excluding hydrogens is 243 g/mol. The monoisotopic (exact) mass is 266 g/mol. The summed E-state index contributed by atoms with van der Waals surface area (Å²) in [4.78, 5) is 2.34. The Morgan fingerprint density at radius 1 is 1.47 bits per heavy atom. The smallest absolute Gasteiger partial charge is 0.169 e. The lowest BCUT2D eigenvalue weighted by atomic mass is 10.0. The summed E-state index contributed by atoms with van der Waals surface area (Å²) in [6, 6.07) is 5.86. The zero-order valence-electron chi connectivity index (χ0n) is 11.8. The summed E-state index contributed by atoms with van der Waals surface area (Å²) < 4.78 is 19.2. The molecule has 0 radical (unpaired) electrons. The van der Waals surface area contributed by atoms with Crippen LogP contribution in [-0.2, 0) is 6.54 Å². The molecule has 0 aliphatic carbocycles. The number of hydrogen-bond acceptors (Lipinski definition) is 3. The topological polar surface area (TPSA) is 24.5 Å². The molecule has 1 atom stereocenters. The van der Waals surface area contributed by atoms with Crippen molar-refractivity contribution in [2.45, 2.75) is 32.4 Å². The number of ether oxygens (including phenoxy) is 1. The minimum atomic E-state index is -0.229. The average molecular weight is 266 g/mol. The van der Waals surface area contributed by atoms with E-state index < -0.39 is 0 Å². The molecule has 106 valence electrons. The Bertz CT molecular complexity index is 405. The van der Waals surface area contributed by atoms with Crippen molar-refractivity contribution in [2.24, 2.45) is 0 Å². The molecule has 1 aromatic rings. The zero-order valence-corrected chi connectivity index (χ0v) is 11.8. The molecule has 1 heterocycles.